The number of piperidine rings is 1. The molecule has 1 atom stereocenters. The number of sulfonamides is 1. The van der Waals surface area contributed by atoms with Crippen molar-refractivity contribution in [3.8, 4) is 5.75 Å². The Morgan fingerprint density at radius 1 is 1.14 bits per heavy atom. The van der Waals surface area contributed by atoms with Crippen LogP contribution in [-0.4, -0.2) is 41.2 Å². The number of para-hydroxylation sites is 2. The summed E-state index contributed by atoms with van der Waals surface area (Å²) in [4.78, 5) is 22.8. The van der Waals surface area contributed by atoms with Crippen molar-refractivity contribution < 1.29 is 23.2 Å². The molecule has 2 aromatic rings. The Kier molecular flexibility index (Phi) is 5.61. The summed E-state index contributed by atoms with van der Waals surface area (Å²) in [5.74, 6) is -0.650. The van der Waals surface area contributed by atoms with E-state index in [0.717, 1.165) is 16.4 Å². The van der Waals surface area contributed by atoms with Gasteiger partial charge in [0.15, 0.2) is 0 Å². The number of nitro groups is 1. The van der Waals surface area contributed by atoms with E-state index in [1.807, 2.05) is 0 Å². The molecule has 1 amide bonds. The van der Waals surface area contributed by atoms with Crippen LogP contribution in [0.2, 0.25) is 0 Å². The second-order valence-corrected chi connectivity index (χ2v) is 8.28. The van der Waals surface area contributed by atoms with E-state index < -0.39 is 26.9 Å². The molecule has 9 nitrogen and oxygen atoms in total. The third-order valence-corrected chi connectivity index (χ3v) is 6.49. The molecule has 2 aromatic carbocycles. The summed E-state index contributed by atoms with van der Waals surface area (Å²) in [5.41, 5.74) is -0.0165. The van der Waals surface area contributed by atoms with Gasteiger partial charge in [0.25, 0.3) is 5.69 Å². The van der Waals surface area contributed by atoms with E-state index in [0.29, 0.717) is 19.3 Å². The van der Waals surface area contributed by atoms with Crippen LogP contribution in [0, 0.1) is 10.1 Å². The molecule has 1 heterocycles. The normalized spacial score (nSPS) is 17.8. The summed E-state index contributed by atoms with van der Waals surface area (Å²) in [7, 11) is -4.01. The topological polar surface area (TPSA) is 130 Å². The van der Waals surface area contributed by atoms with Crippen molar-refractivity contribution in [1.82, 2.24) is 4.31 Å². The van der Waals surface area contributed by atoms with Crippen molar-refractivity contribution in [2.75, 3.05) is 11.9 Å². The SMILES string of the molecule is O=C(Nc1ccccc1O)[C@@H]1CCCCN1S(=O)(=O)c1ccc([N+](=O)[O-])cc1. The lowest BCUT2D eigenvalue weighted by Gasteiger charge is -2.33. The van der Waals surface area contributed by atoms with Gasteiger partial charge >= 0.3 is 0 Å². The molecule has 0 unspecified atom stereocenters. The van der Waals surface area contributed by atoms with Crippen molar-refractivity contribution in [1.29, 1.82) is 0 Å². The summed E-state index contributed by atoms with van der Waals surface area (Å²) in [6.07, 6.45) is 1.63. The minimum atomic E-state index is -4.01. The molecule has 0 aromatic heterocycles. The van der Waals surface area contributed by atoms with Crippen LogP contribution in [0.25, 0.3) is 0 Å². The van der Waals surface area contributed by atoms with Crippen LogP contribution in [0.1, 0.15) is 19.3 Å². The molecule has 0 saturated carbocycles. The van der Waals surface area contributed by atoms with Gasteiger partial charge in [-0.1, -0.05) is 18.6 Å². The van der Waals surface area contributed by atoms with Gasteiger partial charge in [-0.15, -0.1) is 0 Å². The van der Waals surface area contributed by atoms with Crippen molar-refractivity contribution >= 4 is 27.3 Å². The smallest absolute Gasteiger partial charge is 0.269 e. The van der Waals surface area contributed by atoms with E-state index in [9.17, 15) is 28.4 Å². The van der Waals surface area contributed by atoms with Gasteiger partial charge < -0.3 is 10.4 Å². The van der Waals surface area contributed by atoms with Gasteiger partial charge in [0.1, 0.15) is 11.8 Å². The number of rotatable bonds is 5. The molecule has 148 valence electrons. The average Bonchev–Trinajstić information content (AvgIpc) is 2.69. The Morgan fingerprint density at radius 2 is 1.82 bits per heavy atom. The summed E-state index contributed by atoms with van der Waals surface area (Å²) < 4.78 is 27.2. The summed E-state index contributed by atoms with van der Waals surface area (Å²) >= 11 is 0. The number of phenols is 1. The number of non-ortho nitro benzene ring substituents is 1. The van der Waals surface area contributed by atoms with Crippen LogP contribution < -0.4 is 5.32 Å². The fourth-order valence-corrected chi connectivity index (χ4v) is 4.78. The second-order valence-electron chi connectivity index (χ2n) is 6.38. The molecular weight excluding hydrogens is 386 g/mol. The first-order valence-corrected chi connectivity index (χ1v) is 10.1. The van der Waals surface area contributed by atoms with Crippen LogP contribution in [0.3, 0.4) is 0 Å². The largest absolute Gasteiger partial charge is 0.506 e. The first-order valence-electron chi connectivity index (χ1n) is 8.66. The quantitative estimate of drug-likeness (QED) is 0.446. The van der Waals surface area contributed by atoms with Crippen LogP contribution in [-0.2, 0) is 14.8 Å². The third kappa shape index (κ3) is 3.97. The first kappa shape index (κ1) is 19.8. The minimum absolute atomic E-state index is 0.111. The number of carbonyl (C=O) groups is 1. The molecule has 0 radical (unpaired) electrons. The molecule has 10 heteroatoms. The first-order chi connectivity index (χ1) is 13.3. The highest BCUT2D eigenvalue weighted by molar-refractivity contribution is 7.89. The van der Waals surface area contributed by atoms with Crippen LogP contribution in [0.5, 0.6) is 5.75 Å². The number of anilines is 1. The highest BCUT2D eigenvalue weighted by Gasteiger charge is 2.38. The molecule has 3 rings (SSSR count). The lowest BCUT2D eigenvalue weighted by atomic mass is 10.0. The molecule has 0 aliphatic carbocycles. The monoisotopic (exact) mass is 405 g/mol. The Bertz CT molecular complexity index is 991. The Morgan fingerprint density at radius 3 is 2.46 bits per heavy atom. The predicted molar refractivity (Wildman–Crippen MR) is 101 cm³/mol. The van der Waals surface area contributed by atoms with E-state index in [1.165, 1.54) is 24.3 Å². The standard InChI is InChI=1S/C18H19N3O6S/c22-17-7-2-1-5-15(17)19-18(23)16-6-3-4-12-20(16)28(26,27)14-10-8-13(9-11-14)21(24)25/h1-2,5,7-11,16,22H,3-4,6,12H2,(H,19,23)/t16-/m0/s1. The molecule has 2 N–H and O–H groups in total. The highest BCUT2D eigenvalue weighted by atomic mass is 32.2. The van der Waals surface area contributed by atoms with Crippen LogP contribution >= 0.6 is 0 Å². The Balaban J connectivity index is 1.86. The predicted octanol–water partition coefficient (Wildman–Crippen LogP) is 2.48. The van der Waals surface area contributed by atoms with Gasteiger partial charge in [0.2, 0.25) is 15.9 Å². The van der Waals surface area contributed by atoms with E-state index in [1.54, 1.807) is 12.1 Å². The van der Waals surface area contributed by atoms with Gasteiger partial charge in [0, 0.05) is 18.7 Å². The zero-order chi connectivity index (χ0) is 20.3. The minimum Gasteiger partial charge on any atom is -0.506 e. The van der Waals surface area contributed by atoms with Gasteiger partial charge in [0.05, 0.1) is 15.5 Å². The Labute approximate surface area is 161 Å². The van der Waals surface area contributed by atoms with Crippen molar-refractivity contribution in [2.45, 2.75) is 30.2 Å². The summed E-state index contributed by atoms with van der Waals surface area (Å²) in [6, 6.07) is 9.82. The van der Waals surface area contributed by atoms with Crippen molar-refractivity contribution in [3.63, 3.8) is 0 Å². The zero-order valence-electron chi connectivity index (χ0n) is 14.8. The molecular formula is C18H19N3O6S. The number of nitro benzene ring substituents is 1. The number of amides is 1. The number of aromatic hydroxyl groups is 1. The van der Waals surface area contributed by atoms with Crippen LogP contribution in [0.4, 0.5) is 11.4 Å². The molecule has 1 aliphatic heterocycles. The molecule has 1 saturated heterocycles. The average molecular weight is 405 g/mol. The van der Waals surface area contributed by atoms with Gasteiger partial charge in [-0.25, -0.2) is 8.42 Å². The molecule has 0 bridgehead atoms. The van der Waals surface area contributed by atoms with Gasteiger partial charge in [-0.2, -0.15) is 4.31 Å². The Hall–Kier alpha value is -2.98. The number of nitrogens with one attached hydrogen (secondary N) is 1. The van der Waals surface area contributed by atoms with E-state index >= 15 is 0 Å². The number of carbonyl (C=O) groups excluding carboxylic acids is 1. The second kappa shape index (κ2) is 7.95. The highest BCUT2D eigenvalue weighted by Crippen LogP contribution is 2.28. The molecule has 1 fully saturated rings. The van der Waals surface area contributed by atoms with E-state index in [-0.39, 0.29) is 28.6 Å². The van der Waals surface area contributed by atoms with Gasteiger partial charge in [-0.05, 0) is 37.1 Å². The van der Waals surface area contributed by atoms with E-state index in [4.69, 9.17) is 0 Å². The molecule has 28 heavy (non-hydrogen) atoms. The third-order valence-electron chi connectivity index (χ3n) is 4.57. The number of hydrogen-bond donors (Lipinski definition) is 2. The fourth-order valence-electron chi connectivity index (χ4n) is 3.13. The number of hydrogen-bond acceptors (Lipinski definition) is 6. The molecule has 1 aliphatic rings. The molecule has 0 spiro atoms. The lowest BCUT2D eigenvalue weighted by molar-refractivity contribution is -0.384. The summed E-state index contributed by atoms with van der Waals surface area (Å²) in [5, 5.41) is 23.2. The number of nitrogens with zero attached hydrogens (tertiary/aromatic N) is 2. The lowest BCUT2D eigenvalue weighted by Crippen LogP contribution is -2.49. The summed E-state index contributed by atoms with van der Waals surface area (Å²) in [6.45, 7) is 0.165. The zero-order valence-corrected chi connectivity index (χ0v) is 15.6. The maximum Gasteiger partial charge on any atom is 0.269 e. The maximum absolute atomic E-state index is 13.0. The maximum atomic E-state index is 13.0. The fraction of sp³-hybridized carbons (Fsp3) is 0.278. The number of phenolic OH excluding ortho intramolecular Hbond substituents is 1. The van der Waals surface area contributed by atoms with Crippen LogP contribution in [0.15, 0.2) is 53.4 Å². The van der Waals surface area contributed by atoms with Gasteiger partial charge in [-0.3, -0.25) is 14.9 Å². The van der Waals surface area contributed by atoms with Crippen molar-refractivity contribution in [3.05, 3.63) is 58.6 Å². The number of benzene rings is 2. The van der Waals surface area contributed by atoms with Crippen molar-refractivity contribution in [2.24, 2.45) is 0 Å². The van der Waals surface area contributed by atoms with E-state index in [2.05, 4.69) is 5.32 Å².